The molecule has 0 heterocycles. The van der Waals surface area contributed by atoms with E-state index in [0.29, 0.717) is 28.1 Å². The monoisotopic (exact) mass is 500 g/mol. The molecular weight excluding hydrogens is 456 g/mol. The predicted octanol–water partition coefficient (Wildman–Crippen LogP) is 9.60. The summed E-state index contributed by atoms with van der Waals surface area (Å²) >= 11 is 0. The van der Waals surface area contributed by atoms with E-state index in [1.165, 1.54) is 89.9 Å². The Bertz CT molecular complexity index is 1270. The van der Waals surface area contributed by atoms with E-state index in [9.17, 15) is 0 Å². The molecule has 196 valence electrons. The fourth-order valence-electron chi connectivity index (χ4n) is 13.7. The van der Waals surface area contributed by atoms with Gasteiger partial charge in [-0.1, -0.05) is 97.7 Å². The lowest BCUT2D eigenvalue weighted by Gasteiger charge is -2.67. The molecule has 4 unspecified atom stereocenters. The average molecular weight is 501 g/mol. The normalized spacial score (nSPS) is 54.9. The van der Waals surface area contributed by atoms with Gasteiger partial charge in [0.15, 0.2) is 0 Å². The van der Waals surface area contributed by atoms with Crippen LogP contribution in [0.3, 0.4) is 0 Å². The van der Waals surface area contributed by atoms with E-state index in [4.69, 9.17) is 0 Å². The highest BCUT2D eigenvalue weighted by molar-refractivity contribution is 5.60. The van der Waals surface area contributed by atoms with Crippen molar-refractivity contribution in [2.75, 3.05) is 0 Å². The molecule has 0 nitrogen and oxygen atoms in total. The molecule has 10 aliphatic carbocycles. The molecule has 4 atom stereocenters. The Morgan fingerprint density at radius 3 is 1.50 bits per heavy atom. The molecule has 0 aromatic rings. The lowest BCUT2D eigenvalue weighted by atomic mass is 9.36. The molecule has 0 aliphatic heterocycles. The fourth-order valence-corrected chi connectivity index (χ4v) is 13.7. The van der Waals surface area contributed by atoms with Crippen molar-refractivity contribution >= 4 is 0 Å². The van der Waals surface area contributed by atoms with E-state index in [1.807, 2.05) is 11.1 Å². The van der Waals surface area contributed by atoms with Crippen molar-refractivity contribution in [3.63, 3.8) is 0 Å². The van der Waals surface area contributed by atoms with Crippen molar-refractivity contribution < 1.29 is 0 Å². The minimum absolute atomic E-state index is 0.157. The summed E-state index contributed by atoms with van der Waals surface area (Å²) in [6, 6.07) is 0. The third-order valence-electron chi connectivity index (χ3n) is 14.6. The maximum Gasteiger partial charge on any atom is 0.0289 e. The van der Waals surface area contributed by atoms with Crippen LogP contribution in [-0.2, 0) is 0 Å². The molecule has 0 radical (unpaired) electrons. The second-order valence-corrected chi connectivity index (χ2v) is 15.9. The van der Waals surface area contributed by atoms with Crippen molar-refractivity contribution in [3.8, 4) is 0 Å². The third kappa shape index (κ3) is 2.22. The van der Waals surface area contributed by atoms with Crippen molar-refractivity contribution in [1.82, 2.24) is 0 Å². The molecule has 38 heavy (non-hydrogen) atoms. The summed E-state index contributed by atoms with van der Waals surface area (Å²) in [5.41, 5.74) is 5.70. The number of hydrogen-bond acceptors (Lipinski definition) is 0. The molecule has 0 saturated heterocycles. The first-order valence-corrected chi connectivity index (χ1v) is 16.5. The van der Waals surface area contributed by atoms with Crippen molar-refractivity contribution in [1.29, 1.82) is 0 Å². The molecule has 1 spiro atoms. The van der Waals surface area contributed by atoms with E-state index < -0.39 is 0 Å². The van der Waals surface area contributed by atoms with Gasteiger partial charge in [0.1, 0.15) is 0 Å². The summed E-state index contributed by atoms with van der Waals surface area (Å²) in [6.45, 7) is 0. The number of rotatable bonds is 4. The second-order valence-electron chi connectivity index (χ2n) is 15.9. The van der Waals surface area contributed by atoms with Crippen LogP contribution < -0.4 is 0 Å². The van der Waals surface area contributed by atoms with E-state index in [0.717, 1.165) is 11.8 Å². The maximum absolute atomic E-state index is 2.88. The van der Waals surface area contributed by atoms with Crippen LogP contribution in [0.5, 0.6) is 0 Å². The van der Waals surface area contributed by atoms with Crippen LogP contribution >= 0.6 is 0 Å². The average Bonchev–Trinajstić information content (AvgIpc) is 3.79. The van der Waals surface area contributed by atoms with Crippen LogP contribution in [0.4, 0.5) is 0 Å². The zero-order valence-corrected chi connectivity index (χ0v) is 23.1. The van der Waals surface area contributed by atoms with Gasteiger partial charge in [-0.3, -0.25) is 0 Å². The topological polar surface area (TPSA) is 0 Å². The van der Waals surface area contributed by atoms with Crippen LogP contribution in [0.1, 0.15) is 89.9 Å². The Kier molecular flexibility index (Phi) is 3.88. The number of allylic oxidation sites excluding steroid dienone is 14. The van der Waals surface area contributed by atoms with Crippen molar-refractivity contribution in [3.05, 3.63) is 84.1 Å². The summed E-state index contributed by atoms with van der Waals surface area (Å²) in [6.07, 6.45) is 52.5. The zero-order valence-electron chi connectivity index (χ0n) is 23.1. The van der Waals surface area contributed by atoms with Crippen LogP contribution in [0.25, 0.3) is 0 Å². The Morgan fingerprint density at radius 1 is 0.526 bits per heavy atom. The molecular formula is C38H44. The molecule has 0 aromatic carbocycles. The van der Waals surface area contributed by atoms with Gasteiger partial charge in [0, 0.05) is 16.2 Å². The highest BCUT2D eigenvalue weighted by Crippen LogP contribution is 2.86. The summed E-state index contributed by atoms with van der Waals surface area (Å²) in [5, 5.41) is 0. The predicted molar refractivity (Wildman–Crippen MR) is 155 cm³/mol. The first-order chi connectivity index (χ1) is 18.6. The molecule has 0 aromatic heterocycles. The standard InChI is InChI=1S/C38H44/c1-2-12-35(13-3-1)26-31(33-14-4-27(22-33)5-15-33)32(34-16-6-28(23-34)7-17-34)38(35,36-18-8-29(24-36)9-19-36)37-20-10-30(25-37)11-21-37/h4-8,10,14-18,20,27-30H,1-3,9,11-13,19,21-26H2. The van der Waals surface area contributed by atoms with Gasteiger partial charge >= 0.3 is 0 Å². The molecule has 0 N–H and O–H groups in total. The summed E-state index contributed by atoms with van der Waals surface area (Å²) in [4.78, 5) is 0. The van der Waals surface area contributed by atoms with Crippen LogP contribution in [-0.4, -0.2) is 0 Å². The molecule has 10 aliphatic rings. The Labute approximate surface area is 229 Å². The van der Waals surface area contributed by atoms with E-state index in [2.05, 4.69) is 72.9 Å². The number of hydrogen-bond donors (Lipinski definition) is 0. The lowest BCUT2D eigenvalue weighted by molar-refractivity contribution is -0.122. The van der Waals surface area contributed by atoms with Gasteiger partial charge in [-0.05, 0) is 116 Å². The summed E-state index contributed by atoms with van der Waals surface area (Å²) in [7, 11) is 0. The minimum atomic E-state index is 0.157. The Hall–Kier alpha value is -1.82. The van der Waals surface area contributed by atoms with Gasteiger partial charge in [-0.25, -0.2) is 0 Å². The minimum Gasteiger partial charge on any atom is -0.0848 e. The van der Waals surface area contributed by atoms with Crippen LogP contribution in [0.15, 0.2) is 84.1 Å². The zero-order chi connectivity index (χ0) is 24.8. The Morgan fingerprint density at radius 2 is 1.08 bits per heavy atom. The highest BCUT2D eigenvalue weighted by atomic mass is 14.8. The third-order valence-corrected chi connectivity index (χ3v) is 14.6. The van der Waals surface area contributed by atoms with Crippen LogP contribution in [0.2, 0.25) is 0 Å². The SMILES string of the molecule is C1=CC2(C3=C(C45C=CC(C=C4)C5)C(C45C=CC(CC4)C5)(C45C=CC(CC4)C5)C4(CCCCC4)C3)C=CC1C2. The van der Waals surface area contributed by atoms with Gasteiger partial charge in [-0.15, -0.1) is 0 Å². The maximum atomic E-state index is 2.88. The van der Waals surface area contributed by atoms with E-state index in [1.54, 1.807) is 0 Å². The fraction of sp³-hybridized carbons (Fsp3) is 0.632. The number of fused-ring (bicyclic) bond motifs is 8. The van der Waals surface area contributed by atoms with Gasteiger partial charge in [0.2, 0.25) is 0 Å². The van der Waals surface area contributed by atoms with Gasteiger partial charge in [0.05, 0.1) is 0 Å². The largest absolute Gasteiger partial charge is 0.0848 e. The van der Waals surface area contributed by atoms with E-state index >= 15 is 0 Å². The smallest absolute Gasteiger partial charge is 0.0289 e. The molecule has 10 rings (SSSR count). The summed E-state index contributed by atoms with van der Waals surface area (Å²) in [5.74, 6) is 3.00. The quantitative estimate of drug-likeness (QED) is 0.337. The van der Waals surface area contributed by atoms with Crippen molar-refractivity contribution in [2.24, 2.45) is 56.2 Å². The van der Waals surface area contributed by atoms with Crippen molar-refractivity contribution in [2.45, 2.75) is 89.9 Å². The molecule has 3 saturated carbocycles. The molecule has 0 heteroatoms. The van der Waals surface area contributed by atoms with Gasteiger partial charge in [0.25, 0.3) is 0 Å². The molecule has 8 bridgehead atoms. The first kappa shape index (κ1) is 21.9. The second kappa shape index (κ2) is 6.72. The van der Waals surface area contributed by atoms with E-state index in [-0.39, 0.29) is 16.2 Å². The first-order valence-electron chi connectivity index (χ1n) is 16.5. The lowest BCUT2D eigenvalue weighted by Crippen LogP contribution is -2.61. The summed E-state index contributed by atoms with van der Waals surface area (Å²) < 4.78 is 0. The van der Waals surface area contributed by atoms with Crippen LogP contribution in [0, 0.1) is 56.2 Å². The van der Waals surface area contributed by atoms with Gasteiger partial charge < -0.3 is 0 Å². The van der Waals surface area contributed by atoms with Gasteiger partial charge in [-0.2, -0.15) is 0 Å². The molecule has 0 amide bonds. The Balaban J connectivity index is 1.36. The molecule has 3 fully saturated rings. The highest BCUT2D eigenvalue weighted by Gasteiger charge is 2.79.